The fourth-order valence-electron chi connectivity index (χ4n) is 2.49. The van der Waals surface area contributed by atoms with E-state index in [1.165, 1.54) is 18.2 Å². The van der Waals surface area contributed by atoms with Crippen LogP contribution in [-0.4, -0.2) is 24.2 Å². The Morgan fingerprint density at radius 1 is 0.862 bits per heavy atom. The molecule has 0 saturated carbocycles. The van der Waals surface area contributed by atoms with Crippen molar-refractivity contribution in [1.82, 2.24) is 5.32 Å². The second kappa shape index (κ2) is 10.2. The average molecular weight is 410 g/mol. The van der Waals surface area contributed by atoms with E-state index in [1.54, 1.807) is 24.3 Å². The summed E-state index contributed by atoms with van der Waals surface area (Å²) >= 11 is 5.17. The van der Waals surface area contributed by atoms with Crippen LogP contribution in [0.4, 0.5) is 10.1 Å². The molecule has 0 saturated heterocycles. The van der Waals surface area contributed by atoms with E-state index in [-0.39, 0.29) is 10.7 Å². The summed E-state index contributed by atoms with van der Waals surface area (Å²) in [5.74, 6) is 0.0661. The monoisotopic (exact) mass is 410 g/mol. The molecule has 3 rings (SSSR count). The van der Waals surface area contributed by atoms with Crippen LogP contribution >= 0.6 is 12.2 Å². The van der Waals surface area contributed by atoms with Gasteiger partial charge in [0.2, 0.25) is 0 Å². The first-order valence-corrected chi connectivity index (χ1v) is 9.31. The van der Waals surface area contributed by atoms with E-state index in [4.69, 9.17) is 21.7 Å². The van der Waals surface area contributed by atoms with E-state index in [2.05, 4.69) is 10.6 Å². The van der Waals surface area contributed by atoms with E-state index in [9.17, 15) is 9.18 Å². The number of carbonyl (C=O) groups excluding carboxylic acids is 1. The zero-order valence-electron chi connectivity index (χ0n) is 15.4. The van der Waals surface area contributed by atoms with Gasteiger partial charge in [-0.1, -0.05) is 42.5 Å². The average Bonchev–Trinajstić information content (AvgIpc) is 2.73. The van der Waals surface area contributed by atoms with Crippen LogP contribution in [0.2, 0.25) is 0 Å². The molecule has 3 aromatic carbocycles. The van der Waals surface area contributed by atoms with Gasteiger partial charge in [-0.15, -0.1) is 0 Å². The number of anilines is 1. The van der Waals surface area contributed by atoms with E-state index in [1.807, 2.05) is 36.4 Å². The first kappa shape index (κ1) is 20.3. The number of amides is 1. The first-order valence-electron chi connectivity index (χ1n) is 8.90. The first-order chi connectivity index (χ1) is 14.1. The third kappa shape index (κ3) is 6.02. The van der Waals surface area contributed by atoms with Crippen molar-refractivity contribution < 1.29 is 18.7 Å². The Balaban J connectivity index is 1.53. The van der Waals surface area contributed by atoms with Crippen LogP contribution < -0.4 is 20.1 Å². The van der Waals surface area contributed by atoms with E-state index < -0.39 is 11.7 Å². The molecule has 3 aromatic rings. The van der Waals surface area contributed by atoms with Crippen molar-refractivity contribution in [2.45, 2.75) is 0 Å². The van der Waals surface area contributed by atoms with Crippen molar-refractivity contribution >= 4 is 28.9 Å². The molecule has 0 fully saturated rings. The molecule has 0 aliphatic heterocycles. The van der Waals surface area contributed by atoms with Crippen LogP contribution in [0.3, 0.4) is 0 Å². The van der Waals surface area contributed by atoms with Crippen molar-refractivity contribution in [1.29, 1.82) is 0 Å². The highest BCUT2D eigenvalue weighted by Gasteiger charge is 2.13. The van der Waals surface area contributed by atoms with Crippen molar-refractivity contribution in [3.8, 4) is 11.5 Å². The van der Waals surface area contributed by atoms with Gasteiger partial charge in [0, 0.05) is 0 Å². The van der Waals surface area contributed by atoms with Crippen molar-refractivity contribution in [3.05, 3.63) is 90.2 Å². The van der Waals surface area contributed by atoms with Gasteiger partial charge in [0.1, 0.15) is 30.5 Å². The topological polar surface area (TPSA) is 59.6 Å². The number of para-hydroxylation sites is 3. The zero-order chi connectivity index (χ0) is 20.5. The summed E-state index contributed by atoms with van der Waals surface area (Å²) in [6.45, 7) is 0.689. The molecule has 1 amide bonds. The zero-order valence-corrected chi connectivity index (χ0v) is 16.2. The lowest BCUT2D eigenvalue weighted by Gasteiger charge is -2.14. The molecule has 5 nitrogen and oxygen atoms in total. The minimum Gasteiger partial charge on any atom is -0.490 e. The van der Waals surface area contributed by atoms with Crippen molar-refractivity contribution in [3.63, 3.8) is 0 Å². The second-order valence-corrected chi connectivity index (χ2v) is 6.30. The number of nitrogens with one attached hydrogen (secondary N) is 2. The third-order valence-electron chi connectivity index (χ3n) is 3.83. The Labute approximate surface area is 173 Å². The molecule has 7 heteroatoms. The molecule has 2 N–H and O–H groups in total. The quantitative estimate of drug-likeness (QED) is 0.446. The summed E-state index contributed by atoms with van der Waals surface area (Å²) in [7, 11) is 0. The largest absolute Gasteiger partial charge is 0.490 e. The maximum Gasteiger partial charge on any atom is 0.260 e. The Bertz CT molecular complexity index is 983. The highest BCUT2D eigenvalue weighted by Crippen LogP contribution is 2.23. The molecule has 0 aromatic heterocycles. The minimum atomic E-state index is -0.629. The normalized spacial score (nSPS) is 10.1. The van der Waals surface area contributed by atoms with Crippen molar-refractivity contribution in [2.24, 2.45) is 0 Å². The van der Waals surface area contributed by atoms with Gasteiger partial charge in [0.15, 0.2) is 5.11 Å². The fourth-order valence-corrected chi connectivity index (χ4v) is 2.70. The molecular formula is C22H19FN2O3S. The molecule has 0 aliphatic carbocycles. The maximum atomic E-state index is 13.7. The SMILES string of the molecule is O=C(NC(=S)Nc1ccccc1OCCOc1ccccc1)c1ccccc1F. The van der Waals surface area contributed by atoms with Gasteiger partial charge < -0.3 is 14.8 Å². The summed E-state index contributed by atoms with van der Waals surface area (Å²) in [5.41, 5.74) is 0.491. The summed E-state index contributed by atoms with van der Waals surface area (Å²) in [5, 5.41) is 5.40. The molecular weight excluding hydrogens is 391 g/mol. The van der Waals surface area contributed by atoms with Crippen LogP contribution in [-0.2, 0) is 0 Å². The van der Waals surface area contributed by atoms with E-state index >= 15 is 0 Å². The molecule has 0 spiro atoms. The Morgan fingerprint density at radius 2 is 1.52 bits per heavy atom. The summed E-state index contributed by atoms with van der Waals surface area (Å²) in [4.78, 5) is 12.2. The predicted molar refractivity (Wildman–Crippen MR) is 114 cm³/mol. The van der Waals surface area contributed by atoms with Crippen LogP contribution in [0.15, 0.2) is 78.9 Å². The molecule has 29 heavy (non-hydrogen) atoms. The molecule has 0 heterocycles. The molecule has 0 atom stereocenters. The fraction of sp³-hybridized carbons (Fsp3) is 0.0909. The van der Waals surface area contributed by atoms with Crippen LogP contribution in [0.1, 0.15) is 10.4 Å². The maximum absolute atomic E-state index is 13.7. The molecule has 148 valence electrons. The van der Waals surface area contributed by atoms with E-state index in [0.29, 0.717) is 24.7 Å². The van der Waals surface area contributed by atoms with Gasteiger partial charge in [0.25, 0.3) is 5.91 Å². The lowest BCUT2D eigenvalue weighted by Crippen LogP contribution is -2.34. The lowest BCUT2D eigenvalue weighted by atomic mass is 10.2. The van der Waals surface area contributed by atoms with Crippen LogP contribution in [0, 0.1) is 5.82 Å². The number of benzene rings is 3. The Kier molecular flexibility index (Phi) is 7.13. The van der Waals surface area contributed by atoms with Crippen LogP contribution in [0.5, 0.6) is 11.5 Å². The van der Waals surface area contributed by atoms with Gasteiger partial charge in [-0.05, 0) is 48.6 Å². The minimum absolute atomic E-state index is 0.0369. The number of hydrogen-bond acceptors (Lipinski definition) is 4. The molecule has 0 unspecified atom stereocenters. The number of rotatable bonds is 7. The summed E-state index contributed by atoms with van der Waals surface area (Å²) in [6, 6.07) is 22.3. The Morgan fingerprint density at radius 3 is 2.31 bits per heavy atom. The standard InChI is InChI=1S/C22H19FN2O3S/c23-18-11-5-4-10-17(18)21(26)25-22(29)24-19-12-6-7-13-20(19)28-15-14-27-16-8-2-1-3-9-16/h1-13H,14-15H2,(H2,24,25,26,29). The second-order valence-electron chi connectivity index (χ2n) is 5.89. The summed E-state index contributed by atoms with van der Waals surface area (Å²) in [6.07, 6.45) is 0. The number of ether oxygens (including phenoxy) is 2. The highest BCUT2D eigenvalue weighted by atomic mass is 32.1. The summed E-state index contributed by atoms with van der Waals surface area (Å²) < 4.78 is 25.1. The van der Waals surface area contributed by atoms with Gasteiger partial charge in [-0.25, -0.2) is 4.39 Å². The highest BCUT2D eigenvalue weighted by molar-refractivity contribution is 7.80. The Hall–Kier alpha value is -3.45. The number of hydrogen-bond donors (Lipinski definition) is 2. The smallest absolute Gasteiger partial charge is 0.260 e. The molecule has 0 aliphatic rings. The third-order valence-corrected chi connectivity index (χ3v) is 4.04. The van der Waals surface area contributed by atoms with Crippen LogP contribution in [0.25, 0.3) is 0 Å². The lowest BCUT2D eigenvalue weighted by molar-refractivity contribution is 0.0974. The molecule has 0 radical (unpaired) electrons. The predicted octanol–water partition coefficient (Wildman–Crippen LogP) is 4.41. The van der Waals surface area contributed by atoms with Gasteiger partial charge in [-0.3, -0.25) is 10.1 Å². The van der Waals surface area contributed by atoms with E-state index in [0.717, 1.165) is 5.75 Å². The van der Waals surface area contributed by atoms with Gasteiger partial charge >= 0.3 is 0 Å². The van der Waals surface area contributed by atoms with Crippen molar-refractivity contribution in [2.75, 3.05) is 18.5 Å². The van der Waals surface area contributed by atoms with Gasteiger partial charge in [0.05, 0.1) is 11.3 Å². The number of carbonyl (C=O) groups is 1. The number of thiocarbonyl (C=S) groups is 1. The number of halogens is 1. The van der Waals surface area contributed by atoms with Gasteiger partial charge in [-0.2, -0.15) is 0 Å². The molecule has 0 bridgehead atoms.